The van der Waals surface area contributed by atoms with Crippen LogP contribution in [-0.4, -0.2) is 18.6 Å². The van der Waals surface area contributed by atoms with Crippen molar-refractivity contribution in [1.82, 2.24) is 10.3 Å². The normalized spacial score (nSPS) is 14.9. The van der Waals surface area contributed by atoms with E-state index in [0.717, 1.165) is 18.7 Å². The molecule has 15 heavy (non-hydrogen) atoms. The molecule has 1 atom stereocenters. The number of nitrogens with one attached hydrogen (secondary N) is 1. The van der Waals surface area contributed by atoms with Crippen molar-refractivity contribution in [3.05, 3.63) is 28.2 Å². The van der Waals surface area contributed by atoms with E-state index in [4.69, 9.17) is 0 Å². The highest BCUT2D eigenvalue weighted by Gasteiger charge is 2.21. The van der Waals surface area contributed by atoms with Crippen molar-refractivity contribution in [3.63, 3.8) is 0 Å². The highest BCUT2D eigenvalue weighted by atomic mass is 32.1. The van der Waals surface area contributed by atoms with Crippen molar-refractivity contribution in [1.29, 1.82) is 0 Å². The van der Waals surface area contributed by atoms with Gasteiger partial charge in [-0.2, -0.15) is 0 Å². The molecule has 0 aliphatic heterocycles. The molecule has 0 aliphatic carbocycles. The van der Waals surface area contributed by atoms with Gasteiger partial charge in [0.25, 0.3) is 0 Å². The van der Waals surface area contributed by atoms with Crippen molar-refractivity contribution in [2.45, 2.75) is 27.2 Å². The molecule has 0 bridgehead atoms. The van der Waals surface area contributed by atoms with E-state index < -0.39 is 0 Å². The van der Waals surface area contributed by atoms with Crippen molar-refractivity contribution in [2.75, 3.05) is 13.6 Å². The van der Waals surface area contributed by atoms with E-state index in [1.54, 1.807) is 11.3 Å². The van der Waals surface area contributed by atoms with Crippen LogP contribution in [0.5, 0.6) is 0 Å². The minimum atomic E-state index is 0.103. The van der Waals surface area contributed by atoms with Gasteiger partial charge in [0, 0.05) is 23.3 Å². The average Bonchev–Trinajstić information content (AvgIpc) is 2.46. The summed E-state index contributed by atoms with van der Waals surface area (Å²) in [6.45, 7) is 11.3. The van der Waals surface area contributed by atoms with E-state index in [1.807, 2.05) is 13.1 Å². The van der Waals surface area contributed by atoms with Gasteiger partial charge in [-0.25, -0.2) is 4.98 Å². The number of hydrogen-bond donors (Lipinski definition) is 1. The summed E-state index contributed by atoms with van der Waals surface area (Å²) in [6.07, 6.45) is 2.99. The van der Waals surface area contributed by atoms with Crippen LogP contribution in [0.4, 0.5) is 0 Å². The highest BCUT2D eigenvalue weighted by molar-refractivity contribution is 7.11. The summed E-state index contributed by atoms with van der Waals surface area (Å²) in [4.78, 5) is 5.89. The SMILES string of the molecule is C=CC(C)(CNC)Cc1nc(C)c(C)s1. The molecule has 3 heteroatoms. The molecule has 1 unspecified atom stereocenters. The van der Waals surface area contributed by atoms with Gasteiger partial charge in [-0.15, -0.1) is 17.9 Å². The smallest absolute Gasteiger partial charge is 0.0939 e. The van der Waals surface area contributed by atoms with Crippen LogP contribution in [0.25, 0.3) is 0 Å². The summed E-state index contributed by atoms with van der Waals surface area (Å²) in [5, 5.41) is 4.42. The number of aryl methyl sites for hydroxylation is 2. The van der Waals surface area contributed by atoms with Gasteiger partial charge < -0.3 is 5.32 Å². The van der Waals surface area contributed by atoms with E-state index in [1.165, 1.54) is 9.88 Å². The topological polar surface area (TPSA) is 24.9 Å². The third-order valence-electron chi connectivity index (χ3n) is 2.70. The Morgan fingerprint density at radius 1 is 1.53 bits per heavy atom. The number of rotatable bonds is 5. The standard InChI is InChI=1S/C12H20N2S/c1-6-12(4,8-13-5)7-11-14-9(2)10(3)15-11/h6,13H,1,7-8H2,2-5H3. The lowest BCUT2D eigenvalue weighted by atomic mass is 9.87. The predicted molar refractivity (Wildman–Crippen MR) is 67.5 cm³/mol. The third kappa shape index (κ3) is 3.14. The van der Waals surface area contributed by atoms with E-state index in [-0.39, 0.29) is 5.41 Å². The van der Waals surface area contributed by atoms with Crippen LogP contribution in [-0.2, 0) is 6.42 Å². The van der Waals surface area contributed by atoms with Crippen molar-refractivity contribution >= 4 is 11.3 Å². The molecule has 0 aliphatic rings. The molecule has 0 amide bonds. The van der Waals surface area contributed by atoms with Crippen LogP contribution in [0, 0.1) is 19.3 Å². The summed E-state index contributed by atoms with van der Waals surface area (Å²) in [5.74, 6) is 0. The zero-order chi connectivity index (χ0) is 11.5. The molecule has 0 spiro atoms. The number of aromatic nitrogens is 1. The first-order valence-corrected chi connectivity index (χ1v) is 6.03. The second-order valence-corrected chi connectivity index (χ2v) is 5.60. The minimum Gasteiger partial charge on any atom is -0.319 e. The maximum Gasteiger partial charge on any atom is 0.0939 e. The van der Waals surface area contributed by atoms with E-state index in [0.29, 0.717) is 0 Å². The molecule has 0 saturated carbocycles. The summed E-state index contributed by atoms with van der Waals surface area (Å²) in [7, 11) is 1.97. The highest BCUT2D eigenvalue weighted by Crippen LogP contribution is 2.26. The fourth-order valence-corrected chi connectivity index (χ4v) is 2.70. The molecule has 1 N–H and O–H groups in total. The molecular weight excluding hydrogens is 204 g/mol. The van der Waals surface area contributed by atoms with Gasteiger partial charge >= 0.3 is 0 Å². The van der Waals surface area contributed by atoms with Crippen LogP contribution >= 0.6 is 11.3 Å². The number of thiazole rings is 1. The molecule has 0 aromatic carbocycles. The Bertz CT molecular complexity index is 324. The Balaban J connectivity index is 2.78. The lowest BCUT2D eigenvalue weighted by Crippen LogP contribution is -2.29. The Labute approximate surface area is 96.4 Å². The molecule has 1 aromatic heterocycles. The first-order valence-electron chi connectivity index (χ1n) is 5.22. The third-order valence-corrected chi connectivity index (χ3v) is 3.77. The minimum absolute atomic E-state index is 0.103. The quantitative estimate of drug-likeness (QED) is 0.778. The van der Waals surface area contributed by atoms with Crippen molar-refractivity contribution < 1.29 is 0 Å². The Morgan fingerprint density at radius 3 is 2.60 bits per heavy atom. The van der Waals surface area contributed by atoms with Gasteiger partial charge in [-0.3, -0.25) is 0 Å². The molecule has 0 radical (unpaired) electrons. The van der Waals surface area contributed by atoms with Gasteiger partial charge in [-0.1, -0.05) is 13.0 Å². The second-order valence-electron chi connectivity index (χ2n) is 4.31. The molecule has 0 saturated heterocycles. The van der Waals surface area contributed by atoms with Crippen LogP contribution < -0.4 is 5.32 Å². The molecule has 2 nitrogen and oxygen atoms in total. The summed E-state index contributed by atoms with van der Waals surface area (Å²) >= 11 is 1.80. The monoisotopic (exact) mass is 224 g/mol. The summed E-state index contributed by atoms with van der Waals surface area (Å²) < 4.78 is 0. The van der Waals surface area contributed by atoms with Gasteiger partial charge in [0.1, 0.15) is 0 Å². The first kappa shape index (κ1) is 12.4. The van der Waals surface area contributed by atoms with Gasteiger partial charge in [0.05, 0.1) is 10.7 Å². The zero-order valence-corrected chi connectivity index (χ0v) is 10.9. The maximum atomic E-state index is 4.57. The van der Waals surface area contributed by atoms with E-state index in [2.05, 4.69) is 37.7 Å². The average molecular weight is 224 g/mol. The van der Waals surface area contributed by atoms with Gasteiger partial charge in [-0.05, 0) is 20.9 Å². The number of hydrogen-bond acceptors (Lipinski definition) is 3. The van der Waals surface area contributed by atoms with Crippen LogP contribution in [0.3, 0.4) is 0 Å². The van der Waals surface area contributed by atoms with Crippen molar-refractivity contribution in [2.24, 2.45) is 5.41 Å². The Kier molecular flexibility index (Phi) is 4.05. The van der Waals surface area contributed by atoms with E-state index >= 15 is 0 Å². The lowest BCUT2D eigenvalue weighted by Gasteiger charge is -2.23. The van der Waals surface area contributed by atoms with Crippen molar-refractivity contribution in [3.8, 4) is 0 Å². The molecular formula is C12H20N2S. The van der Waals surface area contributed by atoms with Crippen LogP contribution in [0.2, 0.25) is 0 Å². The molecule has 1 rings (SSSR count). The molecule has 0 fully saturated rings. The van der Waals surface area contributed by atoms with Gasteiger partial charge in [0.2, 0.25) is 0 Å². The molecule has 84 valence electrons. The fraction of sp³-hybridized carbons (Fsp3) is 0.583. The predicted octanol–water partition coefficient (Wildman–Crippen LogP) is 2.71. The maximum absolute atomic E-state index is 4.57. The second kappa shape index (κ2) is 4.90. The number of nitrogens with zero attached hydrogens (tertiary/aromatic N) is 1. The van der Waals surface area contributed by atoms with E-state index in [9.17, 15) is 0 Å². The van der Waals surface area contributed by atoms with Gasteiger partial charge in [0.15, 0.2) is 0 Å². The first-order chi connectivity index (χ1) is 7.00. The molecule has 1 heterocycles. The van der Waals surface area contributed by atoms with Crippen LogP contribution in [0.15, 0.2) is 12.7 Å². The Morgan fingerprint density at radius 2 is 2.20 bits per heavy atom. The summed E-state index contributed by atoms with van der Waals surface area (Å²) in [5.41, 5.74) is 1.26. The van der Waals surface area contributed by atoms with Crippen LogP contribution in [0.1, 0.15) is 22.5 Å². The zero-order valence-electron chi connectivity index (χ0n) is 10.1. The molecule has 1 aromatic rings. The fourth-order valence-electron chi connectivity index (χ4n) is 1.57. The summed E-state index contributed by atoms with van der Waals surface area (Å²) in [6, 6.07) is 0. The Hall–Kier alpha value is -0.670. The lowest BCUT2D eigenvalue weighted by molar-refractivity contribution is 0.405. The largest absolute Gasteiger partial charge is 0.319 e.